The summed E-state index contributed by atoms with van der Waals surface area (Å²) >= 11 is 6.21. The lowest BCUT2D eigenvalue weighted by atomic mass is 10.0. The van der Waals surface area contributed by atoms with Crippen LogP contribution < -0.4 is 10.6 Å². The van der Waals surface area contributed by atoms with Gasteiger partial charge < -0.3 is 15.2 Å². The van der Waals surface area contributed by atoms with Crippen LogP contribution in [0.15, 0.2) is 28.8 Å². The predicted molar refractivity (Wildman–Crippen MR) is 96.9 cm³/mol. The van der Waals surface area contributed by atoms with Crippen LogP contribution in [0.2, 0.25) is 5.02 Å². The summed E-state index contributed by atoms with van der Waals surface area (Å²) in [6, 6.07) is 7.31. The second kappa shape index (κ2) is 8.51. The van der Waals surface area contributed by atoms with Gasteiger partial charge in [0, 0.05) is 12.1 Å². The van der Waals surface area contributed by atoms with E-state index >= 15 is 0 Å². The van der Waals surface area contributed by atoms with Crippen LogP contribution in [0.5, 0.6) is 0 Å². The first kappa shape index (κ1) is 18.8. The maximum Gasteiger partial charge on any atom is 0.257 e. The van der Waals surface area contributed by atoms with E-state index in [2.05, 4.69) is 15.8 Å². The lowest BCUT2D eigenvalue weighted by molar-refractivity contribution is 0.0950. The van der Waals surface area contributed by atoms with Crippen molar-refractivity contribution < 1.29 is 9.32 Å². The summed E-state index contributed by atoms with van der Waals surface area (Å²) in [4.78, 5) is 12.5. The Morgan fingerprint density at radius 2 is 2.25 bits per heavy atom. The summed E-state index contributed by atoms with van der Waals surface area (Å²) in [6.45, 7) is 4.49. The van der Waals surface area contributed by atoms with E-state index in [1.807, 2.05) is 18.2 Å². The Morgan fingerprint density at radius 1 is 1.46 bits per heavy atom. The van der Waals surface area contributed by atoms with Gasteiger partial charge in [0.15, 0.2) is 0 Å². The van der Waals surface area contributed by atoms with E-state index in [9.17, 15) is 4.79 Å². The highest BCUT2D eigenvalue weighted by Gasteiger charge is 2.23. The van der Waals surface area contributed by atoms with E-state index in [4.69, 9.17) is 16.1 Å². The van der Waals surface area contributed by atoms with Gasteiger partial charge in [0.2, 0.25) is 0 Å². The summed E-state index contributed by atoms with van der Waals surface area (Å²) in [7, 11) is 0. The van der Waals surface area contributed by atoms with Gasteiger partial charge in [-0.2, -0.15) is 0 Å². The van der Waals surface area contributed by atoms with Crippen molar-refractivity contribution in [3.8, 4) is 11.3 Å². The van der Waals surface area contributed by atoms with Crippen molar-refractivity contribution in [3.63, 3.8) is 0 Å². The van der Waals surface area contributed by atoms with Gasteiger partial charge in [0.25, 0.3) is 5.91 Å². The van der Waals surface area contributed by atoms with Crippen molar-refractivity contribution in [1.82, 2.24) is 15.8 Å². The molecule has 0 aliphatic carbocycles. The molecule has 2 N–H and O–H groups in total. The Hall–Kier alpha value is -1.56. The average molecular weight is 370 g/mol. The molecular formula is C17H21Cl2N3O2. The molecule has 1 aliphatic rings. The summed E-state index contributed by atoms with van der Waals surface area (Å²) in [5.41, 5.74) is 1.66. The van der Waals surface area contributed by atoms with Crippen molar-refractivity contribution in [3.05, 3.63) is 40.6 Å². The maximum absolute atomic E-state index is 12.5. The highest BCUT2D eigenvalue weighted by Crippen LogP contribution is 2.30. The third-order valence-electron chi connectivity index (χ3n) is 4.22. The third kappa shape index (κ3) is 4.09. The molecule has 1 amide bonds. The zero-order valence-electron chi connectivity index (χ0n) is 13.5. The zero-order valence-corrected chi connectivity index (χ0v) is 15.0. The number of nitrogens with zero attached hydrogens (tertiary/aromatic N) is 1. The Kier molecular flexibility index (Phi) is 6.66. The molecule has 7 heteroatoms. The number of carbonyl (C=O) groups excluding carboxylic acids is 1. The largest absolute Gasteiger partial charge is 0.360 e. The fraction of sp³-hybridized carbons (Fsp3) is 0.412. The van der Waals surface area contributed by atoms with Gasteiger partial charge in [0.05, 0.1) is 5.02 Å². The summed E-state index contributed by atoms with van der Waals surface area (Å²) < 4.78 is 5.23. The van der Waals surface area contributed by atoms with Gasteiger partial charge >= 0.3 is 0 Å². The number of halogens is 2. The molecule has 1 aromatic heterocycles. The smallest absolute Gasteiger partial charge is 0.257 e. The number of hydrogen-bond acceptors (Lipinski definition) is 4. The average Bonchev–Trinajstić information content (AvgIpc) is 3.17. The Balaban J connectivity index is 0.00000208. The molecule has 0 radical (unpaired) electrons. The summed E-state index contributed by atoms with van der Waals surface area (Å²) in [5, 5.41) is 10.9. The van der Waals surface area contributed by atoms with Crippen molar-refractivity contribution in [2.24, 2.45) is 5.92 Å². The zero-order chi connectivity index (χ0) is 16.2. The minimum absolute atomic E-state index is 0. The van der Waals surface area contributed by atoms with Crippen LogP contribution in [0, 0.1) is 12.8 Å². The number of carbonyl (C=O) groups is 1. The molecule has 24 heavy (non-hydrogen) atoms. The summed E-state index contributed by atoms with van der Waals surface area (Å²) in [6.07, 6.45) is 2.15. The molecule has 1 fully saturated rings. The van der Waals surface area contributed by atoms with E-state index in [-0.39, 0.29) is 18.3 Å². The normalized spacial score (nSPS) is 16.7. The molecule has 0 spiro atoms. The predicted octanol–water partition coefficient (Wildman–Crippen LogP) is 3.45. The van der Waals surface area contributed by atoms with E-state index in [1.165, 1.54) is 6.42 Å². The van der Waals surface area contributed by atoms with Crippen LogP contribution >= 0.6 is 24.0 Å². The van der Waals surface area contributed by atoms with E-state index in [1.54, 1.807) is 13.0 Å². The van der Waals surface area contributed by atoms with Crippen LogP contribution in [0.1, 0.15) is 29.0 Å². The van der Waals surface area contributed by atoms with Gasteiger partial charge in [-0.05, 0) is 44.8 Å². The highest BCUT2D eigenvalue weighted by molar-refractivity contribution is 6.33. The molecule has 0 saturated carbocycles. The third-order valence-corrected chi connectivity index (χ3v) is 4.55. The standard InChI is InChI=1S/C17H20ClN3O2.ClH/c1-11-15(17(22)20-9-7-12-6-8-19-10-12)16(21-23-11)13-4-2-3-5-14(13)18;/h2-5,12,19H,6-10H2,1H3,(H,20,22);1H. The molecule has 2 heterocycles. The molecule has 1 aliphatic heterocycles. The molecular weight excluding hydrogens is 349 g/mol. The lowest BCUT2D eigenvalue weighted by Gasteiger charge is -2.10. The first-order valence-electron chi connectivity index (χ1n) is 7.87. The van der Waals surface area contributed by atoms with Crippen LogP contribution in [0.4, 0.5) is 0 Å². The minimum atomic E-state index is -0.162. The molecule has 0 bridgehead atoms. The summed E-state index contributed by atoms with van der Waals surface area (Å²) in [5.74, 6) is 0.978. The molecule has 1 saturated heterocycles. The maximum atomic E-state index is 12.5. The van der Waals surface area contributed by atoms with E-state index in [0.29, 0.717) is 40.1 Å². The Morgan fingerprint density at radius 3 is 2.96 bits per heavy atom. The number of aryl methyl sites for hydroxylation is 1. The molecule has 130 valence electrons. The van der Waals surface area contributed by atoms with Gasteiger partial charge in [0.1, 0.15) is 17.0 Å². The monoisotopic (exact) mass is 369 g/mol. The van der Waals surface area contributed by atoms with Crippen LogP contribution in [-0.2, 0) is 0 Å². The molecule has 5 nitrogen and oxygen atoms in total. The van der Waals surface area contributed by atoms with Gasteiger partial charge in [-0.25, -0.2) is 0 Å². The number of amides is 1. The number of aromatic nitrogens is 1. The van der Waals surface area contributed by atoms with Crippen molar-refractivity contribution in [1.29, 1.82) is 0 Å². The molecule has 1 atom stereocenters. The SMILES string of the molecule is Cc1onc(-c2ccccc2Cl)c1C(=O)NCCC1CCNC1.Cl. The number of nitrogens with one attached hydrogen (secondary N) is 2. The molecule has 3 rings (SSSR count). The number of hydrogen-bond donors (Lipinski definition) is 2. The van der Waals surface area contributed by atoms with Crippen molar-refractivity contribution in [2.75, 3.05) is 19.6 Å². The number of rotatable bonds is 5. The second-order valence-electron chi connectivity index (χ2n) is 5.85. The Labute approximate surface area is 152 Å². The van der Waals surface area contributed by atoms with E-state index < -0.39 is 0 Å². The highest BCUT2D eigenvalue weighted by atomic mass is 35.5. The van der Waals surface area contributed by atoms with Gasteiger partial charge in [-0.15, -0.1) is 12.4 Å². The van der Waals surface area contributed by atoms with Crippen LogP contribution in [-0.4, -0.2) is 30.7 Å². The number of benzene rings is 1. The molecule has 1 unspecified atom stereocenters. The quantitative estimate of drug-likeness (QED) is 0.846. The first-order valence-corrected chi connectivity index (χ1v) is 8.24. The molecule has 1 aromatic carbocycles. The first-order chi connectivity index (χ1) is 11.2. The molecule has 2 aromatic rings. The Bertz CT molecular complexity index is 697. The fourth-order valence-corrected chi connectivity index (χ4v) is 3.14. The van der Waals surface area contributed by atoms with Gasteiger partial charge in [-0.1, -0.05) is 35.0 Å². The van der Waals surface area contributed by atoms with Crippen LogP contribution in [0.25, 0.3) is 11.3 Å². The topological polar surface area (TPSA) is 67.2 Å². The van der Waals surface area contributed by atoms with E-state index in [0.717, 1.165) is 19.5 Å². The fourth-order valence-electron chi connectivity index (χ4n) is 2.92. The van der Waals surface area contributed by atoms with Crippen LogP contribution in [0.3, 0.4) is 0 Å². The van der Waals surface area contributed by atoms with Crippen molar-refractivity contribution >= 4 is 29.9 Å². The van der Waals surface area contributed by atoms with Gasteiger partial charge in [-0.3, -0.25) is 4.79 Å². The minimum Gasteiger partial charge on any atom is -0.360 e. The lowest BCUT2D eigenvalue weighted by Crippen LogP contribution is -2.27. The van der Waals surface area contributed by atoms with Crippen molar-refractivity contribution in [2.45, 2.75) is 19.8 Å². The second-order valence-corrected chi connectivity index (χ2v) is 6.25.